The Kier molecular flexibility index (Phi) is 15.1. The van der Waals surface area contributed by atoms with Crippen LogP contribution in [0.5, 0.6) is 0 Å². The third-order valence-electron chi connectivity index (χ3n) is 7.99. The molecule has 0 aliphatic rings. The van der Waals surface area contributed by atoms with E-state index in [4.69, 9.17) is 0 Å². The highest BCUT2D eigenvalue weighted by molar-refractivity contribution is 6.60. The van der Waals surface area contributed by atoms with E-state index in [0.717, 1.165) is 0 Å². The lowest BCUT2D eigenvalue weighted by Gasteiger charge is -2.48. The highest BCUT2D eigenvalue weighted by Crippen LogP contribution is 2.31. The Morgan fingerprint density at radius 1 is 0.462 bits per heavy atom. The van der Waals surface area contributed by atoms with E-state index in [-0.39, 0.29) is 19.8 Å². The number of nitrogens with zero attached hydrogens (tertiary/aromatic N) is 4. The van der Waals surface area contributed by atoms with Crippen LogP contribution in [0.15, 0.2) is 42.4 Å². The van der Waals surface area contributed by atoms with Crippen molar-refractivity contribution in [1.82, 2.24) is 19.2 Å². The highest BCUT2D eigenvalue weighted by atomic mass is 15.3. The number of hydrogen-bond acceptors (Lipinski definition) is 4. The zero-order chi connectivity index (χ0) is 30.2. The fraction of sp³-hybridized carbons (Fsp3) is 0.758. The molecule has 1 rings (SSSR count). The molecule has 0 spiro atoms. The average Bonchev–Trinajstić information content (AvgIpc) is 2.77. The topological polar surface area (TPSA) is 13.0 Å². The maximum Gasteiger partial charge on any atom is 0.339 e. The van der Waals surface area contributed by atoms with Crippen LogP contribution in [0.1, 0.15) is 122 Å². The second-order valence-corrected chi connectivity index (χ2v) is 13.7. The summed E-state index contributed by atoms with van der Waals surface area (Å²) in [5.74, 6) is 2.77. The van der Waals surface area contributed by atoms with E-state index in [1.54, 1.807) is 0 Å². The molecule has 0 heterocycles. The van der Waals surface area contributed by atoms with Crippen LogP contribution in [0.3, 0.4) is 0 Å². The summed E-state index contributed by atoms with van der Waals surface area (Å²) in [6.45, 7) is 38.1. The Bertz CT molecular complexity index is 748. The fourth-order valence-corrected chi connectivity index (χ4v) is 6.98. The van der Waals surface area contributed by atoms with Crippen molar-refractivity contribution in [2.45, 2.75) is 165 Å². The molecule has 0 bridgehead atoms. The van der Waals surface area contributed by atoms with Crippen molar-refractivity contribution in [1.29, 1.82) is 0 Å². The molecule has 1 unspecified atom stereocenters. The average molecular weight is 539 g/mol. The fourth-order valence-electron chi connectivity index (χ4n) is 6.98. The SMILES string of the molecule is CC(C)N(B(C=CC(B(N(C(C)C)C(C)C)N(C(C)C)C(C)C)c1ccccc1)N(C(C)C)C(C)C)C(C)C. The van der Waals surface area contributed by atoms with Crippen LogP contribution < -0.4 is 0 Å². The largest absolute Gasteiger partial charge is 0.339 e. The van der Waals surface area contributed by atoms with Gasteiger partial charge in [-0.05, 0) is 53.9 Å². The van der Waals surface area contributed by atoms with Gasteiger partial charge in [-0.25, -0.2) is 0 Å². The lowest BCUT2D eigenvalue weighted by atomic mass is 9.52. The van der Waals surface area contributed by atoms with Gasteiger partial charge < -0.3 is 19.2 Å². The molecule has 0 aliphatic carbocycles. The first-order valence-corrected chi connectivity index (χ1v) is 15.9. The molecular weight excluding hydrogens is 474 g/mol. The second-order valence-electron chi connectivity index (χ2n) is 13.7. The molecule has 1 aromatic carbocycles. The van der Waals surface area contributed by atoms with E-state index in [1.165, 1.54) is 5.56 Å². The van der Waals surface area contributed by atoms with Crippen molar-refractivity contribution in [2.24, 2.45) is 0 Å². The van der Waals surface area contributed by atoms with Crippen LogP contribution >= 0.6 is 0 Å². The van der Waals surface area contributed by atoms with Gasteiger partial charge >= 0.3 is 14.0 Å². The molecule has 0 fully saturated rings. The quantitative estimate of drug-likeness (QED) is 0.199. The van der Waals surface area contributed by atoms with Crippen LogP contribution in [0.25, 0.3) is 0 Å². The van der Waals surface area contributed by atoms with Crippen molar-refractivity contribution in [3.8, 4) is 0 Å². The highest BCUT2D eigenvalue weighted by Gasteiger charge is 2.43. The Hall–Kier alpha value is -1.07. The monoisotopic (exact) mass is 539 g/mol. The van der Waals surface area contributed by atoms with Gasteiger partial charge in [0.25, 0.3) is 0 Å². The van der Waals surface area contributed by atoms with Gasteiger partial charge in [0, 0.05) is 5.82 Å². The van der Waals surface area contributed by atoms with Crippen molar-refractivity contribution in [2.75, 3.05) is 0 Å². The van der Waals surface area contributed by atoms with Crippen LogP contribution in [0.2, 0.25) is 0 Å². The number of allylic oxidation sites excluding steroid dienone is 1. The van der Waals surface area contributed by atoms with Crippen molar-refractivity contribution in [3.63, 3.8) is 0 Å². The Morgan fingerprint density at radius 2 is 0.769 bits per heavy atom. The summed E-state index contributed by atoms with van der Waals surface area (Å²) in [7, 11) is 0. The first kappa shape index (κ1) is 36.0. The maximum absolute atomic E-state index is 2.74. The molecule has 0 aromatic heterocycles. The van der Waals surface area contributed by atoms with Gasteiger partial charge in [-0.15, -0.1) is 0 Å². The molecule has 0 N–H and O–H groups in total. The van der Waals surface area contributed by atoms with Crippen LogP contribution in [0, 0.1) is 0 Å². The molecule has 0 saturated carbocycles. The van der Waals surface area contributed by atoms with Gasteiger partial charge in [0.15, 0.2) is 0 Å². The van der Waals surface area contributed by atoms with E-state index in [1.807, 2.05) is 0 Å². The van der Waals surface area contributed by atoms with Gasteiger partial charge in [0.1, 0.15) is 0 Å². The third kappa shape index (κ3) is 9.76. The minimum absolute atomic E-state index is 0.218. The molecule has 1 aromatic rings. The summed E-state index contributed by atoms with van der Waals surface area (Å²) in [5.41, 5.74) is 1.39. The molecule has 39 heavy (non-hydrogen) atoms. The van der Waals surface area contributed by atoms with Crippen molar-refractivity contribution in [3.05, 3.63) is 47.9 Å². The summed E-state index contributed by atoms with van der Waals surface area (Å²) >= 11 is 0. The molecule has 0 radical (unpaired) electrons. The third-order valence-corrected chi connectivity index (χ3v) is 7.99. The zero-order valence-electron chi connectivity index (χ0n) is 28.7. The van der Waals surface area contributed by atoms with E-state index < -0.39 is 0 Å². The van der Waals surface area contributed by atoms with E-state index in [0.29, 0.717) is 48.3 Å². The minimum atomic E-state index is 0.218. The van der Waals surface area contributed by atoms with Gasteiger partial charge in [-0.2, -0.15) is 0 Å². The summed E-state index contributed by atoms with van der Waals surface area (Å²) in [6, 6.07) is 14.7. The van der Waals surface area contributed by atoms with Gasteiger partial charge in [-0.1, -0.05) is 153 Å². The van der Waals surface area contributed by atoms with Crippen molar-refractivity contribution < 1.29 is 0 Å². The second kappa shape index (κ2) is 16.4. The molecule has 0 aliphatic heterocycles. The molecular formula is C33H64B2N4. The number of rotatable bonds is 16. The van der Waals surface area contributed by atoms with Gasteiger partial charge in [0.05, 0.1) is 0 Å². The molecule has 4 nitrogen and oxygen atoms in total. The van der Waals surface area contributed by atoms with E-state index in [9.17, 15) is 0 Å². The minimum Gasteiger partial charge on any atom is -0.323 e. The molecule has 0 amide bonds. The normalized spacial score (nSPS) is 14.2. The van der Waals surface area contributed by atoms with Gasteiger partial charge in [0.2, 0.25) is 0 Å². The van der Waals surface area contributed by atoms with Crippen molar-refractivity contribution >= 4 is 14.0 Å². The van der Waals surface area contributed by atoms with E-state index >= 15 is 0 Å². The standard InChI is InChI=1S/C33H64B2N4/c1-24(2)36(25(3)4)34(37(26(5)6)27(7)8)23-22-33(32-20-18-17-19-21-32)35(38(28(9)10)29(11)12)39(30(13)14)31(15)16/h17-31,33H,1-16H3. The molecule has 1 atom stereocenters. The summed E-state index contributed by atoms with van der Waals surface area (Å²) < 4.78 is 0. The van der Waals surface area contributed by atoms with E-state index in [2.05, 4.69) is 172 Å². The summed E-state index contributed by atoms with van der Waals surface area (Å²) in [5, 5.41) is 0. The smallest absolute Gasteiger partial charge is 0.323 e. The predicted molar refractivity (Wildman–Crippen MR) is 178 cm³/mol. The predicted octanol–water partition coefficient (Wildman–Crippen LogP) is 7.86. The molecule has 0 saturated heterocycles. The maximum atomic E-state index is 2.74. The number of hydrogen-bond donors (Lipinski definition) is 0. The Morgan fingerprint density at radius 3 is 1.05 bits per heavy atom. The first-order chi connectivity index (χ1) is 18.0. The molecule has 222 valence electrons. The van der Waals surface area contributed by atoms with Crippen LogP contribution in [-0.2, 0) is 0 Å². The lowest BCUT2D eigenvalue weighted by Crippen LogP contribution is -2.64. The summed E-state index contributed by atoms with van der Waals surface area (Å²) in [6.07, 6.45) is 2.57. The zero-order valence-corrected chi connectivity index (χ0v) is 28.7. The van der Waals surface area contributed by atoms with Crippen LogP contribution in [0.4, 0.5) is 0 Å². The van der Waals surface area contributed by atoms with Crippen LogP contribution in [-0.4, -0.2) is 81.5 Å². The molecule has 6 heteroatoms. The lowest BCUT2D eigenvalue weighted by molar-refractivity contribution is 0.217. The summed E-state index contributed by atoms with van der Waals surface area (Å²) in [4.78, 5) is 10.8. The van der Waals surface area contributed by atoms with Gasteiger partial charge in [-0.3, -0.25) is 0 Å². The Labute approximate surface area is 245 Å². The first-order valence-electron chi connectivity index (χ1n) is 15.9. The Balaban J connectivity index is 4.00. The number of benzene rings is 1.